The predicted octanol–water partition coefficient (Wildman–Crippen LogP) is 21.5. The summed E-state index contributed by atoms with van der Waals surface area (Å²) in [4.78, 5) is 4.46. The quantitative estimate of drug-likeness (QED) is 0.140. The number of hydrogen-bond donors (Lipinski definition) is 0. The first-order chi connectivity index (χ1) is 38.6. The summed E-state index contributed by atoms with van der Waals surface area (Å²) >= 11 is 2.35. The lowest BCUT2D eigenvalue weighted by atomic mass is 9.55. The number of nitrogens with zero attached hydrogens (tertiary/aromatic N) is 2. The summed E-state index contributed by atoms with van der Waals surface area (Å²) in [6, 6.07) is 68.1. The molecule has 2 heterocycles. The Bertz CT molecular complexity index is 4220. The third-order valence-electron chi connectivity index (χ3n) is 17.0. The first kappa shape index (κ1) is 50.1. The first-order valence-corrected chi connectivity index (χ1v) is 28.6. The molecule has 14 rings (SSSR count). The number of rotatable bonds is 8. The highest BCUT2D eigenvalue weighted by atomic mass is 32.1. The molecule has 0 atom stereocenters. The molecule has 10 heteroatoms. The van der Waals surface area contributed by atoms with Crippen molar-refractivity contribution in [1.29, 1.82) is 0 Å². The van der Waals surface area contributed by atoms with Gasteiger partial charge in [-0.05, 0) is 129 Å². The fourth-order valence-corrected chi connectivity index (χ4v) is 16.1. The van der Waals surface area contributed by atoms with E-state index in [-0.39, 0.29) is 14.8 Å². The first-order valence-electron chi connectivity index (χ1n) is 26.9. The summed E-state index contributed by atoms with van der Waals surface area (Å²) in [5.74, 6) is 0. The molecule has 1 spiro atoms. The number of para-hydroxylation sites is 2. The van der Waals surface area contributed by atoms with Crippen LogP contribution in [-0.2, 0) is 36.0 Å². The maximum atomic E-state index is 14.8. The smallest absolute Gasteiger partial charge is 0.309 e. The van der Waals surface area contributed by atoms with E-state index in [1.807, 2.05) is 60.7 Å². The molecule has 0 amide bonds. The van der Waals surface area contributed by atoms with Crippen LogP contribution in [-0.4, -0.2) is 0 Å². The molecule has 10 aromatic carbocycles. The zero-order valence-electron chi connectivity index (χ0n) is 44.0. The molecule has 2 aromatic heterocycles. The van der Waals surface area contributed by atoms with Gasteiger partial charge in [0.1, 0.15) is 0 Å². The Morgan fingerprint density at radius 1 is 0.362 bits per heavy atom. The van der Waals surface area contributed by atoms with Crippen molar-refractivity contribution in [2.75, 3.05) is 9.80 Å². The summed E-state index contributed by atoms with van der Waals surface area (Å²) < 4.78 is 90.6. The average Bonchev–Trinajstić information content (AvgIpc) is 3.87. The van der Waals surface area contributed by atoms with Crippen molar-refractivity contribution in [3.05, 3.63) is 262 Å². The van der Waals surface area contributed by atoms with Gasteiger partial charge >= 0.3 is 12.4 Å². The standard InChI is InChI=1S/C70H50F6N2S2/c1-5-41-19-7-13-31-59(41)77(61-33-17-23-47-45-21-15-29-57(69(71,72)73)63(45)79-65(47)61)43-35-37-51-49(39-43)50-40-44(36-38-52(50)68(51)55-27-11-9-25-53(55)67(3,4)54-26-10-12-28-56(54)68)78(60-32-14-8-20-42(60)6-2)62-34-18-24-48-46-22-16-30-58(70(74,75)76)64(46)80-66(48)62/h7-40H,5-6H2,1-4H3. The molecular weight excluding hydrogens is 1050 g/mol. The lowest BCUT2D eigenvalue weighted by molar-refractivity contribution is -0.137. The molecule has 394 valence electrons. The zero-order chi connectivity index (χ0) is 55.0. The van der Waals surface area contributed by atoms with Crippen molar-refractivity contribution in [1.82, 2.24) is 0 Å². The summed E-state index contributed by atoms with van der Waals surface area (Å²) in [6.07, 6.45) is -7.68. The number of thiophene rings is 2. The zero-order valence-corrected chi connectivity index (χ0v) is 45.7. The van der Waals surface area contributed by atoms with Gasteiger partial charge in [0.15, 0.2) is 0 Å². The van der Waals surface area contributed by atoms with Gasteiger partial charge in [-0.15, -0.1) is 22.7 Å². The fraction of sp³-hybridized carbons (Fsp3) is 0.143. The number of hydrogen-bond acceptors (Lipinski definition) is 4. The average molecular weight is 1100 g/mol. The molecule has 80 heavy (non-hydrogen) atoms. The van der Waals surface area contributed by atoms with E-state index in [2.05, 4.69) is 147 Å². The van der Waals surface area contributed by atoms with Crippen molar-refractivity contribution in [2.24, 2.45) is 0 Å². The number of alkyl halides is 6. The van der Waals surface area contributed by atoms with Crippen LogP contribution >= 0.6 is 22.7 Å². The van der Waals surface area contributed by atoms with Crippen molar-refractivity contribution in [3.63, 3.8) is 0 Å². The summed E-state index contributed by atoms with van der Waals surface area (Å²) in [5, 5.41) is 2.61. The molecule has 0 unspecified atom stereocenters. The predicted molar refractivity (Wildman–Crippen MR) is 320 cm³/mol. The second kappa shape index (κ2) is 18.2. The SMILES string of the molecule is CCc1ccccc1N(c1ccc2c(c1)-c1cc(N(c3ccccc3CC)c3cccc4c3sc3c(C(F)(F)F)cccc34)ccc1C21c2ccccc2C(C)(C)c2ccccc21)c1cccc2c1sc1c(C(F)(F)F)cccc12. The number of fused-ring (bicyclic) bond motifs is 15. The third kappa shape index (κ3) is 7.23. The number of anilines is 6. The number of halogens is 6. The second-order valence-corrected chi connectivity index (χ2v) is 23.5. The molecule has 0 N–H and O–H groups in total. The van der Waals surface area contributed by atoms with E-state index in [9.17, 15) is 26.3 Å². The Morgan fingerprint density at radius 2 is 0.713 bits per heavy atom. The minimum Gasteiger partial charge on any atom is -0.309 e. The number of benzene rings is 10. The van der Waals surface area contributed by atoms with Crippen molar-refractivity contribution < 1.29 is 26.3 Å². The topological polar surface area (TPSA) is 6.48 Å². The van der Waals surface area contributed by atoms with Gasteiger partial charge in [0.2, 0.25) is 0 Å². The Kier molecular flexibility index (Phi) is 11.4. The Balaban J connectivity index is 1.08. The van der Waals surface area contributed by atoms with Crippen LogP contribution in [0.2, 0.25) is 0 Å². The van der Waals surface area contributed by atoms with Crippen LogP contribution in [0.3, 0.4) is 0 Å². The van der Waals surface area contributed by atoms with Crippen molar-refractivity contribution >= 4 is 97.1 Å². The van der Waals surface area contributed by atoms with Crippen LogP contribution in [0.4, 0.5) is 60.5 Å². The maximum Gasteiger partial charge on any atom is 0.417 e. The second-order valence-electron chi connectivity index (χ2n) is 21.4. The van der Waals surface area contributed by atoms with Gasteiger partial charge in [-0.1, -0.05) is 173 Å². The molecule has 0 saturated carbocycles. The van der Waals surface area contributed by atoms with E-state index in [0.29, 0.717) is 23.6 Å². The highest BCUT2D eigenvalue weighted by Crippen LogP contribution is 2.64. The van der Waals surface area contributed by atoms with Crippen LogP contribution in [0.5, 0.6) is 0 Å². The van der Waals surface area contributed by atoms with Gasteiger partial charge in [0.05, 0.1) is 37.3 Å². The minimum atomic E-state index is -4.54. The van der Waals surface area contributed by atoms with Gasteiger partial charge in [-0.2, -0.15) is 26.3 Å². The fourth-order valence-electron chi connectivity index (χ4n) is 13.4. The van der Waals surface area contributed by atoms with Gasteiger partial charge in [-0.25, -0.2) is 0 Å². The highest BCUT2D eigenvalue weighted by molar-refractivity contribution is 7.27. The molecule has 0 saturated heterocycles. The monoisotopic (exact) mass is 1100 g/mol. The van der Waals surface area contributed by atoms with E-state index in [1.165, 1.54) is 69.2 Å². The lowest BCUT2D eigenvalue weighted by Gasteiger charge is -2.46. The van der Waals surface area contributed by atoms with Crippen LogP contribution in [0.25, 0.3) is 51.5 Å². The van der Waals surface area contributed by atoms with Crippen molar-refractivity contribution in [3.8, 4) is 11.1 Å². The Morgan fingerprint density at radius 3 is 1.11 bits per heavy atom. The van der Waals surface area contributed by atoms with Gasteiger partial charge in [0, 0.05) is 59.1 Å². The normalized spacial score (nSPS) is 14.2. The lowest BCUT2D eigenvalue weighted by Crippen LogP contribution is -2.40. The van der Waals surface area contributed by atoms with E-state index >= 15 is 0 Å². The van der Waals surface area contributed by atoms with E-state index < -0.39 is 28.9 Å². The Labute approximate surface area is 467 Å². The summed E-state index contributed by atoms with van der Waals surface area (Å²) in [6.45, 7) is 8.83. The molecule has 0 radical (unpaired) electrons. The van der Waals surface area contributed by atoms with Gasteiger partial charge < -0.3 is 9.80 Å². The summed E-state index contributed by atoms with van der Waals surface area (Å²) in [7, 11) is 0. The highest BCUT2D eigenvalue weighted by Gasteiger charge is 2.53. The van der Waals surface area contributed by atoms with Crippen LogP contribution in [0, 0.1) is 0 Å². The molecule has 2 aliphatic rings. The molecule has 2 nitrogen and oxygen atoms in total. The van der Waals surface area contributed by atoms with Gasteiger partial charge in [0.25, 0.3) is 0 Å². The largest absolute Gasteiger partial charge is 0.417 e. The minimum absolute atomic E-state index is 0.197. The molecule has 2 aliphatic carbocycles. The number of aryl methyl sites for hydroxylation is 2. The van der Waals surface area contributed by atoms with Crippen LogP contribution in [0.1, 0.15) is 83.3 Å². The van der Waals surface area contributed by atoms with Gasteiger partial charge in [-0.3, -0.25) is 0 Å². The van der Waals surface area contributed by atoms with Crippen LogP contribution in [0.15, 0.2) is 206 Å². The molecule has 0 bridgehead atoms. The molecule has 0 fully saturated rings. The third-order valence-corrected chi connectivity index (χ3v) is 19.5. The van der Waals surface area contributed by atoms with E-state index in [4.69, 9.17) is 0 Å². The molecule has 0 aliphatic heterocycles. The van der Waals surface area contributed by atoms with E-state index in [1.54, 1.807) is 12.1 Å². The Hall–Kier alpha value is -8.18. The van der Waals surface area contributed by atoms with Crippen LogP contribution < -0.4 is 9.80 Å². The molecule has 12 aromatic rings. The van der Waals surface area contributed by atoms with Crippen molar-refractivity contribution in [2.45, 2.75) is 63.7 Å². The molecular formula is C70H50F6N2S2. The summed E-state index contributed by atoms with van der Waals surface area (Å²) in [5.41, 5.74) is 13.7. The van der Waals surface area contributed by atoms with E-state index in [0.717, 1.165) is 87.7 Å². The maximum absolute atomic E-state index is 14.8.